The standard InChI is InChI=1S/C13H21NO3S/c1-2-3-4-6-10-7-5-8-13(16,17-10)11-9-18-12(15)14-11/h2,10-11,16H,1,3-9H2,(H,14,15)/t10-,11-,13+/m0/s1. The third kappa shape index (κ3) is 3.28. The maximum absolute atomic E-state index is 11.2. The summed E-state index contributed by atoms with van der Waals surface area (Å²) in [6.45, 7) is 3.70. The minimum Gasteiger partial charge on any atom is -0.364 e. The maximum atomic E-state index is 11.2. The Labute approximate surface area is 112 Å². The second-order valence-corrected chi connectivity index (χ2v) is 5.98. The summed E-state index contributed by atoms with van der Waals surface area (Å²) in [5.74, 6) is -0.578. The number of unbranched alkanes of at least 4 members (excludes halogenated alkanes) is 1. The number of carbonyl (C=O) groups is 1. The highest BCUT2D eigenvalue weighted by Gasteiger charge is 2.45. The molecule has 1 amide bonds. The monoisotopic (exact) mass is 271 g/mol. The molecule has 3 atom stereocenters. The van der Waals surface area contributed by atoms with Crippen molar-refractivity contribution in [1.82, 2.24) is 5.32 Å². The van der Waals surface area contributed by atoms with Crippen molar-refractivity contribution in [3.05, 3.63) is 12.7 Å². The highest BCUT2D eigenvalue weighted by Crippen LogP contribution is 2.34. The molecule has 0 spiro atoms. The van der Waals surface area contributed by atoms with Gasteiger partial charge in [0.1, 0.15) is 0 Å². The molecule has 2 aliphatic rings. The van der Waals surface area contributed by atoms with E-state index in [0.29, 0.717) is 12.2 Å². The Morgan fingerprint density at radius 3 is 3.17 bits per heavy atom. The number of nitrogens with one attached hydrogen (secondary N) is 1. The van der Waals surface area contributed by atoms with E-state index in [0.717, 1.165) is 32.1 Å². The number of allylic oxidation sites excluding steroid dienone is 1. The number of hydrogen-bond donors (Lipinski definition) is 2. The molecular weight excluding hydrogens is 250 g/mol. The maximum Gasteiger partial charge on any atom is 0.279 e. The van der Waals surface area contributed by atoms with E-state index in [1.54, 1.807) is 0 Å². The van der Waals surface area contributed by atoms with Crippen LogP contribution in [0.4, 0.5) is 4.79 Å². The average molecular weight is 271 g/mol. The molecule has 2 saturated heterocycles. The summed E-state index contributed by atoms with van der Waals surface area (Å²) in [6.07, 6.45) is 7.52. The average Bonchev–Trinajstić information content (AvgIpc) is 2.77. The van der Waals surface area contributed by atoms with Gasteiger partial charge in [0.2, 0.25) is 0 Å². The second-order valence-electron chi connectivity index (χ2n) is 4.99. The van der Waals surface area contributed by atoms with Gasteiger partial charge < -0.3 is 15.2 Å². The summed E-state index contributed by atoms with van der Waals surface area (Å²) in [6, 6.07) is -0.266. The zero-order valence-electron chi connectivity index (χ0n) is 10.6. The molecule has 2 N–H and O–H groups in total. The smallest absolute Gasteiger partial charge is 0.279 e. The number of rotatable bonds is 5. The van der Waals surface area contributed by atoms with Crippen LogP contribution in [0.25, 0.3) is 0 Å². The van der Waals surface area contributed by atoms with Gasteiger partial charge in [-0.05, 0) is 32.1 Å². The van der Waals surface area contributed by atoms with E-state index in [1.807, 2.05) is 6.08 Å². The van der Waals surface area contributed by atoms with Gasteiger partial charge in [0.05, 0.1) is 12.1 Å². The van der Waals surface area contributed by atoms with Crippen LogP contribution in [0.3, 0.4) is 0 Å². The molecule has 0 aromatic carbocycles. The molecular formula is C13H21NO3S. The SMILES string of the molecule is C=CCCC[C@H]1CCC[C@](O)([C@@H]2CSC(=O)N2)O1. The molecule has 0 aliphatic carbocycles. The van der Waals surface area contributed by atoms with Crippen LogP contribution in [0.1, 0.15) is 38.5 Å². The number of amides is 1. The summed E-state index contributed by atoms with van der Waals surface area (Å²) < 4.78 is 5.85. The molecule has 18 heavy (non-hydrogen) atoms. The number of aliphatic hydroxyl groups is 1. The van der Waals surface area contributed by atoms with E-state index < -0.39 is 5.79 Å². The molecule has 102 valence electrons. The van der Waals surface area contributed by atoms with E-state index in [2.05, 4.69) is 11.9 Å². The van der Waals surface area contributed by atoms with Crippen molar-refractivity contribution < 1.29 is 14.6 Å². The van der Waals surface area contributed by atoms with Gasteiger partial charge >= 0.3 is 0 Å². The number of thioether (sulfide) groups is 1. The summed E-state index contributed by atoms with van der Waals surface area (Å²) >= 11 is 1.22. The van der Waals surface area contributed by atoms with Crippen molar-refractivity contribution in [3.8, 4) is 0 Å². The van der Waals surface area contributed by atoms with Crippen LogP contribution in [0.5, 0.6) is 0 Å². The molecule has 2 rings (SSSR count). The lowest BCUT2D eigenvalue weighted by Crippen LogP contribution is -2.55. The first kappa shape index (κ1) is 13.9. The lowest BCUT2D eigenvalue weighted by atomic mass is 9.94. The fraction of sp³-hybridized carbons (Fsp3) is 0.769. The molecule has 2 fully saturated rings. The van der Waals surface area contributed by atoms with Crippen molar-refractivity contribution >= 4 is 17.0 Å². The van der Waals surface area contributed by atoms with E-state index in [4.69, 9.17) is 4.74 Å². The van der Waals surface area contributed by atoms with Crippen LogP contribution in [-0.2, 0) is 4.74 Å². The van der Waals surface area contributed by atoms with Crippen LogP contribution in [0.2, 0.25) is 0 Å². The number of hydrogen-bond acceptors (Lipinski definition) is 4. The van der Waals surface area contributed by atoms with Crippen molar-refractivity contribution in [2.24, 2.45) is 0 Å². The van der Waals surface area contributed by atoms with Gasteiger partial charge in [0.15, 0.2) is 5.79 Å². The third-order valence-electron chi connectivity index (χ3n) is 3.58. The van der Waals surface area contributed by atoms with E-state index in [-0.39, 0.29) is 17.4 Å². The molecule has 0 aromatic rings. The summed E-state index contributed by atoms with van der Waals surface area (Å²) in [4.78, 5) is 11.2. The first-order chi connectivity index (χ1) is 8.64. The van der Waals surface area contributed by atoms with Crippen molar-refractivity contribution in [1.29, 1.82) is 0 Å². The fourth-order valence-electron chi connectivity index (χ4n) is 2.57. The van der Waals surface area contributed by atoms with Gasteiger partial charge in [-0.2, -0.15) is 0 Å². The van der Waals surface area contributed by atoms with Crippen LogP contribution in [0, 0.1) is 0 Å². The van der Waals surface area contributed by atoms with Crippen LogP contribution in [0.15, 0.2) is 12.7 Å². The minimum absolute atomic E-state index is 0.0641. The normalized spacial score (nSPS) is 36.4. The third-order valence-corrected chi connectivity index (χ3v) is 4.46. The molecule has 2 heterocycles. The van der Waals surface area contributed by atoms with Crippen LogP contribution < -0.4 is 5.32 Å². The molecule has 0 bridgehead atoms. The predicted molar refractivity (Wildman–Crippen MR) is 72.5 cm³/mol. The van der Waals surface area contributed by atoms with E-state index in [1.165, 1.54) is 11.8 Å². The van der Waals surface area contributed by atoms with Crippen LogP contribution >= 0.6 is 11.8 Å². The Bertz CT molecular complexity index is 323. The van der Waals surface area contributed by atoms with Gasteiger partial charge in [-0.3, -0.25) is 4.79 Å². The second kappa shape index (κ2) is 6.08. The Morgan fingerprint density at radius 2 is 2.50 bits per heavy atom. The molecule has 0 saturated carbocycles. The predicted octanol–water partition coefficient (Wildman–Crippen LogP) is 2.43. The molecule has 4 nitrogen and oxygen atoms in total. The molecule has 0 unspecified atom stereocenters. The highest BCUT2D eigenvalue weighted by molar-refractivity contribution is 8.13. The molecule has 2 aliphatic heterocycles. The topological polar surface area (TPSA) is 58.6 Å². The van der Waals surface area contributed by atoms with Crippen molar-refractivity contribution in [2.75, 3.05) is 5.75 Å². The van der Waals surface area contributed by atoms with Crippen molar-refractivity contribution in [3.63, 3.8) is 0 Å². The molecule has 0 radical (unpaired) electrons. The quantitative estimate of drug-likeness (QED) is 0.595. The van der Waals surface area contributed by atoms with Gasteiger partial charge in [-0.1, -0.05) is 17.8 Å². The Kier molecular flexibility index (Phi) is 4.70. The van der Waals surface area contributed by atoms with Crippen molar-refractivity contribution in [2.45, 2.75) is 56.5 Å². The summed E-state index contributed by atoms with van der Waals surface area (Å²) in [7, 11) is 0. The Balaban J connectivity index is 1.88. The summed E-state index contributed by atoms with van der Waals surface area (Å²) in [5, 5.41) is 13.3. The van der Waals surface area contributed by atoms with Crippen LogP contribution in [-0.4, -0.2) is 34.0 Å². The van der Waals surface area contributed by atoms with Gasteiger partial charge in [-0.25, -0.2) is 0 Å². The zero-order chi connectivity index (χ0) is 13.0. The fourth-order valence-corrected chi connectivity index (χ4v) is 3.45. The number of ether oxygens (including phenoxy) is 1. The summed E-state index contributed by atoms with van der Waals surface area (Å²) in [5.41, 5.74) is 0. The van der Waals surface area contributed by atoms with E-state index in [9.17, 15) is 9.90 Å². The van der Waals surface area contributed by atoms with E-state index >= 15 is 0 Å². The lowest BCUT2D eigenvalue weighted by molar-refractivity contribution is -0.264. The minimum atomic E-state index is -1.17. The van der Waals surface area contributed by atoms with Gasteiger partial charge in [0, 0.05) is 12.2 Å². The lowest BCUT2D eigenvalue weighted by Gasteiger charge is -2.40. The Morgan fingerprint density at radius 1 is 1.67 bits per heavy atom. The molecule has 0 aromatic heterocycles. The van der Waals surface area contributed by atoms with Gasteiger partial charge in [-0.15, -0.1) is 6.58 Å². The zero-order valence-corrected chi connectivity index (χ0v) is 11.4. The van der Waals surface area contributed by atoms with Gasteiger partial charge in [0.25, 0.3) is 5.24 Å². The number of carbonyl (C=O) groups excluding carboxylic acids is 1. The molecule has 5 heteroatoms. The first-order valence-electron chi connectivity index (χ1n) is 6.58. The first-order valence-corrected chi connectivity index (χ1v) is 7.57. The Hall–Kier alpha value is -0.520. The largest absolute Gasteiger partial charge is 0.364 e. The highest BCUT2D eigenvalue weighted by atomic mass is 32.2.